The molecule has 0 radical (unpaired) electrons. The number of hydrogen-bond donors (Lipinski definition) is 2. The highest BCUT2D eigenvalue weighted by molar-refractivity contribution is 7.91. The summed E-state index contributed by atoms with van der Waals surface area (Å²) in [5, 5.41) is 0. The van der Waals surface area contributed by atoms with Crippen molar-refractivity contribution in [2.45, 2.75) is 11.3 Å². The van der Waals surface area contributed by atoms with Crippen LogP contribution in [0.25, 0.3) is 11.1 Å². The third-order valence-electron chi connectivity index (χ3n) is 5.02. The summed E-state index contributed by atoms with van der Waals surface area (Å²) in [6, 6.07) is 16.8. The quantitative estimate of drug-likeness (QED) is 0.498. The zero-order chi connectivity index (χ0) is 21.6. The number of aliphatic imine (C=N–C) groups is 1. The Morgan fingerprint density at radius 2 is 1.50 bits per heavy atom. The van der Waals surface area contributed by atoms with Crippen molar-refractivity contribution in [3.63, 3.8) is 0 Å². The smallest absolute Gasteiger partial charge is 0.224 e. The molecule has 0 bridgehead atoms. The standard InChI is InChI=1S/C21H27N5O3S/c22-21(23)24-11-10-20(27)26-14-12-25(13-15-26)16-30(28,29)19-8-6-18(7-9-19)17-4-2-1-3-5-17/h1-9H,10-16H2,(H4,22,23,24). The Bertz CT molecular complexity index is 979. The lowest BCUT2D eigenvalue weighted by molar-refractivity contribution is -0.132. The summed E-state index contributed by atoms with van der Waals surface area (Å²) in [4.78, 5) is 19.9. The van der Waals surface area contributed by atoms with E-state index in [9.17, 15) is 13.2 Å². The number of rotatable bonds is 7. The molecule has 1 saturated heterocycles. The number of amides is 1. The molecule has 1 aliphatic heterocycles. The number of nitrogens with zero attached hydrogens (tertiary/aromatic N) is 3. The molecule has 8 nitrogen and oxygen atoms in total. The third-order valence-corrected chi connectivity index (χ3v) is 6.71. The number of benzene rings is 2. The molecule has 2 aromatic carbocycles. The molecule has 0 unspecified atom stereocenters. The van der Waals surface area contributed by atoms with Crippen LogP contribution in [-0.2, 0) is 14.6 Å². The molecule has 160 valence electrons. The second kappa shape index (κ2) is 9.73. The van der Waals surface area contributed by atoms with Gasteiger partial charge in [0.15, 0.2) is 15.8 Å². The van der Waals surface area contributed by atoms with Crippen LogP contribution in [0.5, 0.6) is 0 Å². The highest BCUT2D eigenvalue weighted by atomic mass is 32.2. The summed E-state index contributed by atoms with van der Waals surface area (Å²) >= 11 is 0. The summed E-state index contributed by atoms with van der Waals surface area (Å²) in [6.07, 6.45) is 0.240. The van der Waals surface area contributed by atoms with Gasteiger partial charge in [-0.2, -0.15) is 0 Å². The zero-order valence-electron chi connectivity index (χ0n) is 16.8. The summed E-state index contributed by atoms with van der Waals surface area (Å²) in [5.41, 5.74) is 12.5. The van der Waals surface area contributed by atoms with Gasteiger partial charge in [0.05, 0.1) is 11.4 Å². The minimum absolute atomic E-state index is 0.0287. The van der Waals surface area contributed by atoms with E-state index in [1.165, 1.54) is 0 Å². The number of sulfone groups is 1. The highest BCUT2D eigenvalue weighted by Crippen LogP contribution is 2.22. The molecule has 1 amide bonds. The van der Waals surface area contributed by atoms with Gasteiger partial charge in [0.2, 0.25) is 5.91 Å². The fraction of sp³-hybridized carbons (Fsp3) is 0.333. The van der Waals surface area contributed by atoms with Crippen LogP contribution in [-0.4, -0.2) is 68.7 Å². The monoisotopic (exact) mass is 429 g/mol. The largest absolute Gasteiger partial charge is 0.370 e. The lowest BCUT2D eigenvalue weighted by Gasteiger charge is -2.34. The van der Waals surface area contributed by atoms with E-state index in [4.69, 9.17) is 11.5 Å². The van der Waals surface area contributed by atoms with E-state index in [1.54, 1.807) is 17.0 Å². The van der Waals surface area contributed by atoms with Crippen LogP contribution in [0.4, 0.5) is 0 Å². The van der Waals surface area contributed by atoms with Crippen molar-refractivity contribution in [3.05, 3.63) is 54.6 Å². The molecular weight excluding hydrogens is 402 g/mol. The molecule has 30 heavy (non-hydrogen) atoms. The van der Waals surface area contributed by atoms with Crippen molar-refractivity contribution < 1.29 is 13.2 Å². The second-order valence-corrected chi connectivity index (χ2v) is 9.15. The summed E-state index contributed by atoms with van der Waals surface area (Å²) in [6.45, 7) is 2.26. The van der Waals surface area contributed by atoms with Crippen molar-refractivity contribution in [1.82, 2.24) is 9.80 Å². The second-order valence-electron chi connectivity index (χ2n) is 7.19. The predicted octanol–water partition coefficient (Wildman–Crippen LogP) is 0.893. The Hall–Kier alpha value is -2.91. The van der Waals surface area contributed by atoms with Gasteiger partial charge in [-0.05, 0) is 23.3 Å². The maximum atomic E-state index is 12.8. The van der Waals surface area contributed by atoms with Gasteiger partial charge < -0.3 is 16.4 Å². The first-order chi connectivity index (χ1) is 14.3. The molecule has 2 aromatic rings. The number of guanidine groups is 1. The summed E-state index contributed by atoms with van der Waals surface area (Å²) in [7, 11) is -3.44. The van der Waals surface area contributed by atoms with Crippen molar-refractivity contribution in [2.24, 2.45) is 16.5 Å². The van der Waals surface area contributed by atoms with Gasteiger partial charge in [0.1, 0.15) is 5.88 Å². The maximum absolute atomic E-state index is 12.8. The van der Waals surface area contributed by atoms with Gasteiger partial charge in [0, 0.05) is 32.6 Å². The molecule has 1 heterocycles. The minimum atomic E-state index is -3.44. The fourth-order valence-corrected chi connectivity index (χ4v) is 4.80. The first-order valence-electron chi connectivity index (χ1n) is 9.79. The Morgan fingerprint density at radius 3 is 2.10 bits per heavy atom. The highest BCUT2D eigenvalue weighted by Gasteiger charge is 2.25. The van der Waals surface area contributed by atoms with Crippen molar-refractivity contribution >= 4 is 21.7 Å². The maximum Gasteiger partial charge on any atom is 0.224 e. The van der Waals surface area contributed by atoms with Crippen LogP contribution < -0.4 is 11.5 Å². The molecule has 1 fully saturated rings. The van der Waals surface area contributed by atoms with Gasteiger partial charge >= 0.3 is 0 Å². The van der Waals surface area contributed by atoms with Gasteiger partial charge in [-0.3, -0.25) is 14.7 Å². The molecule has 0 saturated carbocycles. The Labute approximate surface area is 177 Å². The van der Waals surface area contributed by atoms with E-state index in [1.807, 2.05) is 47.4 Å². The third kappa shape index (κ3) is 5.80. The van der Waals surface area contributed by atoms with E-state index in [0.29, 0.717) is 31.1 Å². The fourth-order valence-electron chi connectivity index (χ4n) is 3.37. The van der Waals surface area contributed by atoms with E-state index in [0.717, 1.165) is 11.1 Å². The zero-order valence-corrected chi connectivity index (χ0v) is 17.6. The average molecular weight is 430 g/mol. The SMILES string of the molecule is NC(N)=NCCC(=O)N1CCN(CS(=O)(=O)c2ccc(-c3ccccc3)cc2)CC1. The minimum Gasteiger partial charge on any atom is -0.370 e. The van der Waals surface area contributed by atoms with Crippen molar-refractivity contribution in [2.75, 3.05) is 38.6 Å². The molecule has 9 heteroatoms. The van der Waals surface area contributed by atoms with E-state index in [-0.39, 0.29) is 30.7 Å². The number of carbonyl (C=O) groups excluding carboxylic acids is 1. The molecule has 3 rings (SSSR count). The van der Waals surface area contributed by atoms with E-state index in [2.05, 4.69) is 4.99 Å². The van der Waals surface area contributed by atoms with E-state index < -0.39 is 9.84 Å². The van der Waals surface area contributed by atoms with Crippen LogP contribution in [0.3, 0.4) is 0 Å². The summed E-state index contributed by atoms with van der Waals surface area (Å²) < 4.78 is 25.6. The molecule has 0 spiro atoms. The summed E-state index contributed by atoms with van der Waals surface area (Å²) in [5.74, 6) is -0.123. The Balaban J connectivity index is 1.54. The van der Waals surface area contributed by atoms with Gasteiger partial charge in [-0.1, -0.05) is 42.5 Å². The molecule has 0 atom stereocenters. The van der Waals surface area contributed by atoms with Crippen LogP contribution in [0, 0.1) is 0 Å². The van der Waals surface area contributed by atoms with Crippen LogP contribution in [0.2, 0.25) is 0 Å². The number of hydrogen-bond acceptors (Lipinski definition) is 5. The van der Waals surface area contributed by atoms with Crippen LogP contribution >= 0.6 is 0 Å². The lowest BCUT2D eigenvalue weighted by atomic mass is 10.1. The Morgan fingerprint density at radius 1 is 0.900 bits per heavy atom. The molecule has 0 aromatic heterocycles. The number of piperazine rings is 1. The molecular formula is C21H27N5O3S. The van der Waals surface area contributed by atoms with Crippen LogP contribution in [0.1, 0.15) is 6.42 Å². The number of carbonyl (C=O) groups is 1. The van der Waals surface area contributed by atoms with Gasteiger partial charge in [0.25, 0.3) is 0 Å². The first kappa shape index (κ1) is 21.8. The Kier molecular flexibility index (Phi) is 7.07. The van der Waals surface area contributed by atoms with Gasteiger partial charge in [-0.15, -0.1) is 0 Å². The first-order valence-corrected chi connectivity index (χ1v) is 11.4. The average Bonchev–Trinajstić information content (AvgIpc) is 2.74. The van der Waals surface area contributed by atoms with Crippen molar-refractivity contribution in [3.8, 4) is 11.1 Å². The molecule has 0 aliphatic carbocycles. The van der Waals surface area contributed by atoms with Gasteiger partial charge in [-0.25, -0.2) is 8.42 Å². The van der Waals surface area contributed by atoms with E-state index >= 15 is 0 Å². The normalized spacial score (nSPS) is 15.0. The lowest BCUT2D eigenvalue weighted by Crippen LogP contribution is -2.50. The number of nitrogens with two attached hydrogens (primary N) is 2. The predicted molar refractivity (Wildman–Crippen MR) is 117 cm³/mol. The van der Waals surface area contributed by atoms with Crippen molar-refractivity contribution in [1.29, 1.82) is 0 Å². The molecule has 1 aliphatic rings. The molecule has 4 N–H and O–H groups in total. The van der Waals surface area contributed by atoms with Crippen LogP contribution in [0.15, 0.2) is 64.5 Å². The topological polar surface area (TPSA) is 122 Å².